The molecule has 1 saturated heterocycles. The summed E-state index contributed by atoms with van der Waals surface area (Å²) in [5.74, 6) is -0.997. The Morgan fingerprint density at radius 2 is 1.34 bits per heavy atom. The molecule has 5 rings (SSSR count). The lowest BCUT2D eigenvalue weighted by molar-refractivity contribution is -0.107. The molecule has 1 N–H and O–H groups in total. The van der Waals surface area contributed by atoms with Crippen LogP contribution in [0, 0.1) is 30.9 Å². The normalized spacial score (nSPS) is 13.6. The van der Waals surface area contributed by atoms with Crippen molar-refractivity contribution in [1.29, 1.82) is 0 Å². The van der Waals surface area contributed by atoms with Gasteiger partial charge in [-0.3, -0.25) is 9.78 Å². The molecule has 0 saturated carbocycles. The highest BCUT2D eigenvalue weighted by molar-refractivity contribution is 5.94. The number of aryl methyl sites for hydroxylation is 2. The van der Waals surface area contributed by atoms with Gasteiger partial charge in [0.05, 0.1) is 11.3 Å². The molecule has 1 fully saturated rings. The number of carbonyl (C=O) groups is 2. The van der Waals surface area contributed by atoms with Crippen LogP contribution in [0.2, 0.25) is 0 Å². The van der Waals surface area contributed by atoms with Gasteiger partial charge in [-0.25, -0.2) is 8.78 Å². The predicted octanol–water partition coefficient (Wildman–Crippen LogP) is 9.28. The molecule has 286 valence electrons. The molecule has 0 spiro atoms. The van der Waals surface area contributed by atoms with Gasteiger partial charge in [-0.1, -0.05) is 50.2 Å². The third kappa shape index (κ3) is 13.5. The zero-order valence-corrected chi connectivity index (χ0v) is 32.9. The average Bonchev–Trinajstić information content (AvgIpc) is 3.10. The number of amides is 1. The minimum absolute atomic E-state index is 0.245. The third-order valence-electron chi connectivity index (χ3n) is 8.95. The molecule has 4 aromatic rings. The second kappa shape index (κ2) is 19.6. The first kappa shape index (κ1) is 42.9. The van der Waals surface area contributed by atoms with E-state index < -0.39 is 11.4 Å². The first-order chi connectivity index (χ1) is 25.0. The number of benzene rings is 3. The molecule has 1 aromatic heterocycles. The predicted molar refractivity (Wildman–Crippen MR) is 210 cm³/mol. The summed E-state index contributed by atoms with van der Waals surface area (Å²) >= 11 is 0. The van der Waals surface area contributed by atoms with Crippen molar-refractivity contribution in [3.8, 4) is 11.1 Å². The highest BCUT2D eigenvalue weighted by Crippen LogP contribution is 2.41. The summed E-state index contributed by atoms with van der Waals surface area (Å²) in [4.78, 5) is 34.2. The van der Waals surface area contributed by atoms with E-state index in [9.17, 15) is 18.4 Å². The van der Waals surface area contributed by atoms with Gasteiger partial charge in [0.25, 0.3) is 5.91 Å². The van der Waals surface area contributed by atoms with Crippen molar-refractivity contribution in [2.45, 2.75) is 93.3 Å². The van der Waals surface area contributed by atoms with E-state index in [-0.39, 0.29) is 23.7 Å². The lowest BCUT2D eigenvalue weighted by atomic mass is 9.82. The fraction of sp³-hybridized carbons (Fsp3) is 0.432. The van der Waals surface area contributed by atoms with E-state index in [2.05, 4.69) is 35.6 Å². The molecule has 9 heteroatoms. The number of aldehydes is 1. The van der Waals surface area contributed by atoms with Crippen LogP contribution in [0.15, 0.2) is 72.8 Å². The molecule has 0 atom stereocenters. The summed E-state index contributed by atoms with van der Waals surface area (Å²) in [5.41, 5.74) is 7.75. The van der Waals surface area contributed by atoms with Crippen molar-refractivity contribution < 1.29 is 28.2 Å². The molecule has 1 amide bonds. The number of aromatic nitrogens is 1. The van der Waals surface area contributed by atoms with Crippen molar-refractivity contribution in [2.75, 3.05) is 31.7 Å². The maximum atomic E-state index is 13.6. The highest BCUT2D eigenvalue weighted by Gasteiger charge is 2.29. The number of piperidine rings is 1. The number of hydrogen-bond acceptors (Lipinski definition) is 6. The highest BCUT2D eigenvalue weighted by atomic mass is 19.1. The van der Waals surface area contributed by atoms with Gasteiger partial charge in [0.15, 0.2) is 0 Å². The number of ether oxygens (including phenoxy) is 1. The number of aliphatic hydroxyl groups is 1. The van der Waals surface area contributed by atoms with Gasteiger partial charge in [0, 0.05) is 74.4 Å². The molecule has 3 aromatic carbocycles. The number of rotatable bonds is 10. The van der Waals surface area contributed by atoms with Gasteiger partial charge in [-0.2, -0.15) is 0 Å². The lowest BCUT2D eigenvalue weighted by Crippen LogP contribution is -2.38. The number of anilines is 1. The standard InChI is InChI=1S/C37H39F2N3O2.C4H10O.C3H8O/c1-25-33(17-22-43)35(41-20-18-37(3,4)19-21-41)34(26(2)40-25)29-9-5-27(6-10-29)23-42(24-28-7-13-31(38)14-8-28)36(44)30-11-15-32(39)16-12-30;1-4(2,3)5;1-3-4-2/h5-16,22H,17-21,23-24H2,1-4H3;5H,1-3H3;3H2,1-2H3. The first-order valence-electron chi connectivity index (χ1n) is 18.2. The van der Waals surface area contributed by atoms with Crippen LogP contribution in [0.3, 0.4) is 0 Å². The number of pyridine rings is 1. The Labute approximate surface area is 315 Å². The lowest BCUT2D eigenvalue weighted by Gasteiger charge is -2.40. The Morgan fingerprint density at radius 1 is 0.887 bits per heavy atom. The summed E-state index contributed by atoms with van der Waals surface area (Å²) in [5, 5.41) is 8.52. The van der Waals surface area contributed by atoms with Gasteiger partial charge in [0.1, 0.15) is 17.9 Å². The Bertz CT molecular complexity index is 1750. The molecule has 0 unspecified atom stereocenters. The average molecular weight is 730 g/mol. The quantitative estimate of drug-likeness (QED) is 0.164. The van der Waals surface area contributed by atoms with E-state index in [4.69, 9.17) is 10.1 Å². The van der Waals surface area contributed by atoms with E-state index in [1.54, 1.807) is 44.9 Å². The van der Waals surface area contributed by atoms with Crippen LogP contribution in [-0.2, 0) is 29.0 Å². The van der Waals surface area contributed by atoms with Gasteiger partial charge in [0.2, 0.25) is 0 Å². The van der Waals surface area contributed by atoms with Gasteiger partial charge >= 0.3 is 0 Å². The number of nitrogens with zero attached hydrogens (tertiary/aromatic N) is 3. The van der Waals surface area contributed by atoms with Crippen molar-refractivity contribution in [1.82, 2.24) is 9.88 Å². The SMILES string of the molecule is CC(C)(C)O.CCOC.Cc1nc(C)c(-c2ccc(CN(Cc3ccc(F)cc3)C(=O)c3ccc(F)cc3)cc2)c(N2CCC(C)(C)CC2)c1CC=O. The maximum absolute atomic E-state index is 13.6. The number of hydrogen-bond donors (Lipinski definition) is 1. The van der Waals surface area contributed by atoms with Crippen LogP contribution in [0.25, 0.3) is 11.1 Å². The Balaban J connectivity index is 0.000000753. The molecule has 0 aliphatic carbocycles. The molecule has 0 radical (unpaired) electrons. The first-order valence-corrected chi connectivity index (χ1v) is 18.2. The minimum Gasteiger partial charge on any atom is -0.391 e. The Kier molecular flexibility index (Phi) is 15.8. The summed E-state index contributed by atoms with van der Waals surface area (Å²) in [6.45, 7) is 19.0. The number of carbonyl (C=O) groups excluding carboxylic acids is 2. The molecular weight excluding hydrogens is 672 g/mol. The molecule has 0 bridgehead atoms. The molecule has 53 heavy (non-hydrogen) atoms. The summed E-state index contributed by atoms with van der Waals surface area (Å²) in [7, 11) is 1.68. The zero-order chi connectivity index (χ0) is 39.3. The van der Waals surface area contributed by atoms with E-state index in [0.717, 1.165) is 83.7 Å². The summed E-state index contributed by atoms with van der Waals surface area (Å²) in [6.07, 6.45) is 3.40. The van der Waals surface area contributed by atoms with Crippen molar-refractivity contribution in [3.05, 3.63) is 118 Å². The van der Waals surface area contributed by atoms with Crippen LogP contribution >= 0.6 is 0 Å². The van der Waals surface area contributed by atoms with E-state index in [1.165, 1.54) is 36.4 Å². The van der Waals surface area contributed by atoms with E-state index in [0.29, 0.717) is 18.5 Å². The van der Waals surface area contributed by atoms with Crippen molar-refractivity contribution in [2.24, 2.45) is 5.41 Å². The monoisotopic (exact) mass is 729 g/mol. The van der Waals surface area contributed by atoms with Gasteiger partial charge in [-0.05, 0) is 113 Å². The largest absolute Gasteiger partial charge is 0.391 e. The maximum Gasteiger partial charge on any atom is 0.254 e. The topological polar surface area (TPSA) is 83.0 Å². The smallest absolute Gasteiger partial charge is 0.254 e. The van der Waals surface area contributed by atoms with Gasteiger partial charge in [-0.15, -0.1) is 0 Å². The Hall–Kier alpha value is -4.47. The van der Waals surface area contributed by atoms with Crippen LogP contribution < -0.4 is 4.90 Å². The summed E-state index contributed by atoms with van der Waals surface area (Å²) in [6, 6.07) is 19.7. The van der Waals surface area contributed by atoms with Crippen LogP contribution in [0.4, 0.5) is 14.5 Å². The molecule has 7 nitrogen and oxygen atoms in total. The molecular formula is C44H57F2N3O4. The fourth-order valence-corrected chi connectivity index (χ4v) is 6.01. The van der Waals surface area contributed by atoms with Crippen LogP contribution in [0.1, 0.15) is 92.8 Å². The Morgan fingerprint density at radius 3 is 1.79 bits per heavy atom. The molecule has 2 heterocycles. The zero-order valence-electron chi connectivity index (χ0n) is 32.9. The second-order valence-electron chi connectivity index (χ2n) is 15.2. The number of halogens is 2. The van der Waals surface area contributed by atoms with Crippen molar-refractivity contribution >= 4 is 17.9 Å². The van der Waals surface area contributed by atoms with Crippen molar-refractivity contribution in [3.63, 3.8) is 0 Å². The van der Waals surface area contributed by atoms with Crippen LogP contribution in [-0.4, -0.2) is 59.6 Å². The fourth-order valence-electron chi connectivity index (χ4n) is 6.01. The second-order valence-corrected chi connectivity index (χ2v) is 15.2. The van der Waals surface area contributed by atoms with E-state index >= 15 is 0 Å². The number of methoxy groups -OCH3 is 1. The van der Waals surface area contributed by atoms with Gasteiger partial charge < -0.3 is 24.4 Å². The third-order valence-corrected chi connectivity index (χ3v) is 8.95. The van der Waals surface area contributed by atoms with E-state index in [1.807, 2.05) is 32.9 Å². The molecule has 1 aliphatic rings. The summed E-state index contributed by atoms with van der Waals surface area (Å²) < 4.78 is 31.7. The minimum atomic E-state index is -0.500. The molecule has 1 aliphatic heterocycles. The van der Waals surface area contributed by atoms with Crippen LogP contribution in [0.5, 0.6) is 0 Å².